The van der Waals surface area contributed by atoms with Crippen LogP contribution in [0.2, 0.25) is 5.02 Å². The van der Waals surface area contributed by atoms with Gasteiger partial charge in [0.2, 0.25) is 5.91 Å². The third-order valence-corrected chi connectivity index (χ3v) is 15.2. The first kappa shape index (κ1) is 58.3. The Bertz CT molecular complexity index is 2110. The average molecular weight is 1020 g/mol. The van der Waals surface area contributed by atoms with E-state index in [9.17, 15) is 39.6 Å². The molecule has 0 aliphatic carbocycles. The van der Waals surface area contributed by atoms with Crippen LogP contribution in [-0.2, 0) is 58.8 Å². The molecule has 5 rings (SSSR count). The first-order valence-corrected chi connectivity index (χ1v) is 25.1. The molecule has 0 spiro atoms. The Hall–Kier alpha value is -3.59. The number of esters is 2. The molecule has 0 unspecified atom stereocenters. The molecule has 2 aromatic carbocycles. The van der Waals surface area contributed by atoms with Crippen molar-refractivity contribution in [2.24, 2.45) is 23.7 Å². The summed E-state index contributed by atoms with van der Waals surface area (Å²) in [7, 11) is 5.14. The molecule has 3 saturated heterocycles. The number of Topliss-reactive ketones (excluding diaryl/α,β-unsaturated/α-hetero) is 1. The molecule has 17 nitrogen and oxygen atoms in total. The minimum atomic E-state index is -2.24. The Morgan fingerprint density at radius 1 is 0.845 bits per heavy atom. The quantitative estimate of drug-likeness (QED) is 0.166. The number of aliphatic hydroxyl groups is 4. The number of ketones is 1. The molecule has 0 aromatic heterocycles. The van der Waals surface area contributed by atoms with Crippen molar-refractivity contribution in [2.75, 3.05) is 27.7 Å². The van der Waals surface area contributed by atoms with Crippen LogP contribution >= 0.6 is 11.6 Å². The van der Waals surface area contributed by atoms with Gasteiger partial charge in [-0.1, -0.05) is 68.8 Å². The number of benzene rings is 2. The van der Waals surface area contributed by atoms with Gasteiger partial charge in [-0.25, -0.2) is 0 Å². The number of hydrogen-bond acceptors (Lipinski definition) is 16. The lowest BCUT2D eigenvalue weighted by molar-refractivity contribution is -0.318. The van der Waals surface area contributed by atoms with Crippen LogP contribution in [0, 0.1) is 23.7 Å². The monoisotopic (exact) mass is 1020 g/mol. The maximum absolute atomic E-state index is 14.8. The number of likely N-dealkylation sites (N-methyl/N-ethyl adjacent to an activating group) is 1. The summed E-state index contributed by atoms with van der Waals surface area (Å²) in [5.41, 5.74) is -2.64. The van der Waals surface area contributed by atoms with Crippen molar-refractivity contribution in [3.05, 3.63) is 59.1 Å². The van der Waals surface area contributed by atoms with Crippen LogP contribution in [0.4, 0.5) is 0 Å². The number of nitrogens with one attached hydrogen (secondary N) is 1. The maximum atomic E-state index is 14.8. The van der Waals surface area contributed by atoms with E-state index in [-0.39, 0.29) is 50.3 Å². The van der Waals surface area contributed by atoms with Crippen LogP contribution in [0.25, 0.3) is 11.1 Å². The molecular weight excluding hydrogens is 940 g/mol. The van der Waals surface area contributed by atoms with Crippen LogP contribution in [0.15, 0.2) is 48.5 Å². The number of ether oxygens (including phenoxy) is 7. The summed E-state index contributed by atoms with van der Waals surface area (Å²) in [6.07, 6.45) is -11.2. The first-order valence-electron chi connectivity index (χ1n) is 24.8. The van der Waals surface area contributed by atoms with Crippen molar-refractivity contribution in [2.45, 2.75) is 186 Å². The molecule has 1 amide bonds. The molecule has 0 bridgehead atoms. The maximum Gasteiger partial charge on any atom is 0.311 e. The van der Waals surface area contributed by atoms with E-state index >= 15 is 0 Å². The SMILES string of the molecule is CO[C@]1(C)C[C@H](O[C@H]2[C@H](C)[C@@H](O[C@@H]3O[C@H](C)C[C@H](N(C)C)[C@H]3OC(C)=O)[C@](C)(O)C[C@@H](C)C(=O)[C@H](C)[C@@H](O)[C@](C)(O)[C@@H](CCNC(=O)Cc3ccc(-c4ccc(Cl)cc4)cc3)OC(=O)[C@@H]2C)O[C@@H](C)[C@@H]1O. The van der Waals surface area contributed by atoms with Crippen molar-refractivity contribution in [3.63, 3.8) is 0 Å². The van der Waals surface area contributed by atoms with Crippen LogP contribution in [-0.4, -0.2) is 161 Å². The van der Waals surface area contributed by atoms with Gasteiger partial charge in [-0.2, -0.15) is 0 Å². The van der Waals surface area contributed by atoms with Gasteiger partial charge in [0.25, 0.3) is 0 Å². The van der Waals surface area contributed by atoms with E-state index in [4.69, 9.17) is 44.8 Å². The smallest absolute Gasteiger partial charge is 0.311 e. The minimum Gasteiger partial charge on any atom is -0.459 e. The molecular formula is C53H79ClN2O15. The second-order valence-corrected chi connectivity index (χ2v) is 21.6. The third kappa shape index (κ3) is 14.2. The van der Waals surface area contributed by atoms with Gasteiger partial charge in [-0.15, -0.1) is 0 Å². The number of rotatable bonds is 13. The summed E-state index contributed by atoms with van der Waals surface area (Å²) in [6.45, 7) is 15.5. The number of nitrogens with zero attached hydrogens (tertiary/aromatic N) is 1. The van der Waals surface area contributed by atoms with Crippen molar-refractivity contribution in [3.8, 4) is 11.1 Å². The summed E-state index contributed by atoms with van der Waals surface area (Å²) in [4.78, 5) is 57.0. The number of amides is 1. The van der Waals surface area contributed by atoms with E-state index in [0.29, 0.717) is 11.4 Å². The Kier molecular flexibility index (Phi) is 19.9. The molecule has 5 N–H and O–H groups in total. The lowest BCUT2D eigenvalue weighted by Gasteiger charge is -2.49. The van der Waals surface area contributed by atoms with Crippen LogP contribution < -0.4 is 5.32 Å². The molecule has 18 heteroatoms. The Balaban J connectivity index is 1.51. The van der Waals surface area contributed by atoms with E-state index in [1.807, 2.05) is 62.3 Å². The molecule has 398 valence electrons. The fourth-order valence-corrected chi connectivity index (χ4v) is 10.7. The Labute approximate surface area is 424 Å². The van der Waals surface area contributed by atoms with Gasteiger partial charge in [0.1, 0.15) is 23.6 Å². The first-order chi connectivity index (χ1) is 33.1. The van der Waals surface area contributed by atoms with Crippen LogP contribution in [0.1, 0.15) is 100 Å². The number of hydrogen-bond donors (Lipinski definition) is 5. The van der Waals surface area contributed by atoms with Crippen LogP contribution in [0.3, 0.4) is 0 Å². The number of halogens is 1. The zero-order valence-electron chi connectivity index (χ0n) is 43.6. The molecule has 0 radical (unpaired) electrons. The van der Waals surface area contributed by atoms with Crippen molar-refractivity contribution < 1.29 is 72.8 Å². The van der Waals surface area contributed by atoms with Gasteiger partial charge in [-0.3, -0.25) is 19.2 Å². The molecule has 3 fully saturated rings. The zero-order chi connectivity index (χ0) is 52.9. The number of carbonyl (C=O) groups excluding carboxylic acids is 4. The van der Waals surface area contributed by atoms with Crippen molar-refractivity contribution >= 4 is 35.2 Å². The number of aliphatic hydroxyl groups excluding tert-OH is 2. The fourth-order valence-electron chi connectivity index (χ4n) is 10.6. The highest BCUT2D eigenvalue weighted by Crippen LogP contribution is 2.41. The molecule has 2 aromatic rings. The van der Waals surface area contributed by atoms with Crippen molar-refractivity contribution in [1.29, 1.82) is 0 Å². The molecule has 0 saturated carbocycles. The lowest BCUT2D eigenvalue weighted by atomic mass is 9.74. The number of cyclic esters (lactones) is 1. The molecule has 3 heterocycles. The van der Waals surface area contributed by atoms with Gasteiger partial charge >= 0.3 is 11.9 Å². The van der Waals surface area contributed by atoms with Gasteiger partial charge in [-0.05, 0) is 97.3 Å². The second-order valence-electron chi connectivity index (χ2n) is 21.2. The van der Waals surface area contributed by atoms with E-state index in [2.05, 4.69) is 5.32 Å². The van der Waals surface area contributed by atoms with E-state index in [1.165, 1.54) is 34.8 Å². The highest BCUT2D eigenvalue weighted by atomic mass is 35.5. The standard InChI is InChI=1S/C53H79ClN2O15/c1-28-26-51(8,63)48(71-50-45(68-34(7)57)39(56(11)12)24-29(2)66-50)31(4)44(70-42-27-52(9,65-13)47(61)33(6)67-42)32(5)49(62)69-40(53(10,64)46(60)30(3)43(28)59)22-23-55-41(58)25-35-14-16-36(17-15-35)37-18-20-38(54)21-19-37/h14-21,28-33,39-40,42,44-48,50,60-61,63-64H,22-27H2,1-13H3,(H,55,58)/t28-,29-,30+,31+,32-,33+,39+,40-,42+,44+,45-,46-,47+,48-,50+,51-,52-,53-/m1/s1. The topological polar surface area (TPSA) is 229 Å². The van der Waals surface area contributed by atoms with Gasteiger partial charge in [0.15, 0.2) is 18.7 Å². The highest BCUT2D eigenvalue weighted by Gasteiger charge is 2.54. The van der Waals surface area contributed by atoms with Gasteiger partial charge < -0.3 is 63.8 Å². The highest BCUT2D eigenvalue weighted by molar-refractivity contribution is 6.30. The second kappa shape index (κ2) is 24.2. The summed E-state index contributed by atoms with van der Waals surface area (Å²) >= 11 is 6.06. The molecule has 3 aliphatic rings. The van der Waals surface area contributed by atoms with E-state index in [0.717, 1.165) is 16.7 Å². The predicted molar refractivity (Wildman–Crippen MR) is 264 cm³/mol. The molecule has 3 aliphatic heterocycles. The normalized spacial score (nSPS) is 38.8. The van der Waals surface area contributed by atoms with Gasteiger partial charge in [0.05, 0.1) is 60.1 Å². The third-order valence-electron chi connectivity index (χ3n) is 15.0. The fraction of sp³-hybridized carbons (Fsp3) is 0.698. The van der Waals surface area contributed by atoms with E-state index < -0.39 is 114 Å². The Morgan fingerprint density at radius 2 is 1.45 bits per heavy atom. The summed E-state index contributed by atoms with van der Waals surface area (Å²) in [6, 6.07) is 14.5. The Morgan fingerprint density at radius 3 is 2.03 bits per heavy atom. The number of carbonyl (C=O) groups is 4. The zero-order valence-corrected chi connectivity index (χ0v) is 44.4. The largest absolute Gasteiger partial charge is 0.459 e. The van der Waals surface area contributed by atoms with Crippen LogP contribution in [0.5, 0.6) is 0 Å². The molecule has 71 heavy (non-hydrogen) atoms. The number of methoxy groups -OCH3 is 1. The van der Waals surface area contributed by atoms with Crippen molar-refractivity contribution in [1.82, 2.24) is 10.2 Å². The molecule has 18 atom stereocenters. The van der Waals surface area contributed by atoms with E-state index in [1.54, 1.807) is 46.8 Å². The minimum absolute atomic E-state index is 0.0172. The van der Waals surface area contributed by atoms with Gasteiger partial charge in [0, 0.05) is 56.2 Å². The summed E-state index contributed by atoms with van der Waals surface area (Å²) in [5, 5.41) is 51.4. The lowest BCUT2D eigenvalue weighted by Crippen LogP contribution is -2.61. The average Bonchev–Trinajstić information content (AvgIpc) is 3.30. The summed E-state index contributed by atoms with van der Waals surface area (Å²) in [5.74, 6) is -6.70. The summed E-state index contributed by atoms with van der Waals surface area (Å²) < 4.78 is 44.0. The predicted octanol–water partition coefficient (Wildman–Crippen LogP) is 5.02.